The van der Waals surface area contributed by atoms with Crippen LogP contribution in [-0.2, 0) is 6.42 Å². The van der Waals surface area contributed by atoms with E-state index in [1.54, 1.807) is 4.52 Å². The van der Waals surface area contributed by atoms with Crippen LogP contribution in [0.1, 0.15) is 44.4 Å². The third-order valence-electron chi connectivity index (χ3n) is 2.78. The second-order valence-electron chi connectivity index (χ2n) is 4.48. The van der Waals surface area contributed by atoms with Crippen LogP contribution in [-0.4, -0.2) is 25.8 Å². The van der Waals surface area contributed by atoms with Crippen molar-refractivity contribution in [3.8, 4) is 0 Å². The summed E-state index contributed by atoms with van der Waals surface area (Å²) in [6.07, 6.45) is 3.95. The first-order chi connectivity index (χ1) is 8.58. The fraction of sp³-hybridized carbons (Fsp3) is 0.583. The molecule has 2 aromatic rings. The minimum atomic E-state index is 0.379. The normalized spacial score (nSPS) is 11.7. The van der Waals surface area contributed by atoms with E-state index in [0.717, 1.165) is 24.2 Å². The molecule has 0 N–H and O–H groups in total. The molecule has 6 heteroatoms. The van der Waals surface area contributed by atoms with Gasteiger partial charge in [-0.1, -0.05) is 39.0 Å². The molecule has 0 aliphatic heterocycles. The summed E-state index contributed by atoms with van der Waals surface area (Å²) in [4.78, 5) is 8.76. The van der Waals surface area contributed by atoms with E-state index in [1.807, 2.05) is 6.26 Å². The van der Waals surface area contributed by atoms with E-state index in [1.165, 1.54) is 17.3 Å². The number of halogens is 1. The summed E-state index contributed by atoms with van der Waals surface area (Å²) in [6.45, 7) is 6.46. The van der Waals surface area contributed by atoms with Crippen molar-refractivity contribution in [1.29, 1.82) is 0 Å². The SMILES string of the molecule is CCCc1nn2c(Cl)nc(SC)nc2c1C(C)C. The molecule has 0 bridgehead atoms. The minimum Gasteiger partial charge on any atom is -0.202 e. The molecule has 18 heavy (non-hydrogen) atoms. The van der Waals surface area contributed by atoms with E-state index >= 15 is 0 Å². The average molecular weight is 285 g/mol. The van der Waals surface area contributed by atoms with Crippen molar-refractivity contribution < 1.29 is 0 Å². The average Bonchev–Trinajstić information content (AvgIpc) is 2.68. The zero-order valence-corrected chi connectivity index (χ0v) is 12.6. The first kappa shape index (κ1) is 13.6. The van der Waals surface area contributed by atoms with E-state index in [9.17, 15) is 0 Å². The molecular weight excluding hydrogens is 268 g/mol. The lowest BCUT2D eigenvalue weighted by molar-refractivity contribution is 0.789. The molecule has 2 aromatic heterocycles. The number of nitrogens with zero attached hydrogens (tertiary/aromatic N) is 4. The Morgan fingerprint density at radius 3 is 2.61 bits per heavy atom. The van der Waals surface area contributed by atoms with Gasteiger partial charge in [-0.2, -0.15) is 14.6 Å². The Labute approximate surface area is 116 Å². The fourth-order valence-electron chi connectivity index (χ4n) is 2.05. The molecule has 0 saturated heterocycles. The van der Waals surface area contributed by atoms with Crippen molar-refractivity contribution in [3.05, 3.63) is 16.5 Å². The van der Waals surface area contributed by atoms with Crippen LogP contribution in [0.4, 0.5) is 0 Å². The molecule has 0 atom stereocenters. The Kier molecular flexibility index (Phi) is 4.12. The van der Waals surface area contributed by atoms with Gasteiger partial charge in [-0.05, 0) is 30.2 Å². The second-order valence-corrected chi connectivity index (χ2v) is 5.59. The summed E-state index contributed by atoms with van der Waals surface area (Å²) in [6, 6.07) is 0. The van der Waals surface area contributed by atoms with Gasteiger partial charge in [-0.3, -0.25) is 0 Å². The molecule has 4 nitrogen and oxygen atoms in total. The largest absolute Gasteiger partial charge is 0.228 e. The molecule has 2 heterocycles. The predicted octanol–water partition coefficient (Wildman–Crippen LogP) is 3.58. The maximum absolute atomic E-state index is 6.17. The maximum atomic E-state index is 6.17. The first-order valence-corrected chi connectivity index (χ1v) is 7.67. The Bertz CT molecular complexity index is 565. The zero-order valence-electron chi connectivity index (χ0n) is 11.1. The Hall–Kier alpha value is -0.810. The van der Waals surface area contributed by atoms with Crippen molar-refractivity contribution in [2.45, 2.75) is 44.7 Å². The number of rotatable bonds is 4. The van der Waals surface area contributed by atoms with E-state index < -0.39 is 0 Å². The second kappa shape index (κ2) is 5.45. The minimum absolute atomic E-state index is 0.379. The zero-order chi connectivity index (χ0) is 13.3. The predicted molar refractivity (Wildman–Crippen MR) is 75.7 cm³/mol. The summed E-state index contributed by atoms with van der Waals surface area (Å²) >= 11 is 7.66. The van der Waals surface area contributed by atoms with E-state index in [2.05, 4.69) is 35.8 Å². The smallest absolute Gasteiger partial charge is 0.202 e. The van der Waals surface area contributed by atoms with Gasteiger partial charge >= 0.3 is 0 Å². The molecule has 0 spiro atoms. The van der Waals surface area contributed by atoms with Gasteiger partial charge in [0.25, 0.3) is 0 Å². The van der Waals surface area contributed by atoms with Gasteiger partial charge in [-0.15, -0.1) is 0 Å². The fourth-order valence-corrected chi connectivity index (χ4v) is 2.65. The molecule has 2 rings (SSSR count). The Morgan fingerprint density at radius 1 is 1.33 bits per heavy atom. The van der Waals surface area contributed by atoms with E-state index in [4.69, 9.17) is 11.6 Å². The van der Waals surface area contributed by atoms with Gasteiger partial charge in [0.2, 0.25) is 5.28 Å². The summed E-state index contributed by atoms with van der Waals surface area (Å²) in [5.74, 6) is 0.379. The van der Waals surface area contributed by atoms with Crippen LogP contribution < -0.4 is 0 Å². The lowest BCUT2D eigenvalue weighted by atomic mass is 10.0. The lowest BCUT2D eigenvalue weighted by Crippen LogP contribution is -1.99. The van der Waals surface area contributed by atoms with Gasteiger partial charge in [0.15, 0.2) is 10.8 Å². The molecular formula is C12H17ClN4S. The molecule has 98 valence electrons. The van der Waals surface area contributed by atoms with Gasteiger partial charge in [-0.25, -0.2) is 4.98 Å². The molecule has 0 aliphatic carbocycles. The third-order valence-corrected chi connectivity index (χ3v) is 3.58. The van der Waals surface area contributed by atoms with Crippen LogP contribution in [0.5, 0.6) is 0 Å². The van der Waals surface area contributed by atoms with Gasteiger partial charge in [0.05, 0.1) is 5.69 Å². The van der Waals surface area contributed by atoms with Crippen LogP contribution in [0, 0.1) is 0 Å². The molecule has 0 amide bonds. The summed E-state index contributed by atoms with van der Waals surface area (Å²) < 4.78 is 1.65. The molecule has 0 aromatic carbocycles. The van der Waals surface area contributed by atoms with Crippen molar-refractivity contribution in [2.75, 3.05) is 6.26 Å². The Morgan fingerprint density at radius 2 is 2.06 bits per heavy atom. The molecule has 0 unspecified atom stereocenters. The first-order valence-electron chi connectivity index (χ1n) is 6.07. The summed E-state index contributed by atoms with van der Waals surface area (Å²) in [5, 5.41) is 5.62. The maximum Gasteiger partial charge on any atom is 0.228 e. The van der Waals surface area contributed by atoms with Gasteiger partial charge in [0.1, 0.15) is 0 Å². The van der Waals surface area contributed by atoms with Crippen LogP contribution in [0.2, 0.25) is 5.28 Å². The molecule has 0 saturated carbocycles. The highest BCUT2D eigenvalue weighted by atomic mass is 35.5. The number of fused-ring (bicyclic) bond motifs is 1. The summed E-state index contributed by atoms with van der Waals surface area (Å²) in [7, 11) is 0. The van der Waals surface area contributed by atoms with Gasteiger partial charge < -0.3 is 0 Å². The quantitative estimate of drug-likeness (QED) is 0.805. The van der Waals surface area contributed by atoms with Crippen molar-refractivity contribution >= 4 is 29.0 Å². The van der Waals surface area contributed by atoms with Crippen LogP contribution in [0.3, 0.4) is 0 Å². The third kappa shape index (κ3) is 2.34. The monoisotopic (exact) mass is 284 g/mol. The highest BCUT2D eigenvalue weighted by molar-refractivity contribution is 7.98. The number of aromatic nitrogens is 4. The highest BCUT2D eigenvalue weighted by Crippen LogP contribution is 2.27. The number of hydrogen-bond acceptors (Lipinski definition) is 4. The van der Waals surface area contributed by atoms with E-state index in [-0.39, 0.29) is 0 Å². The van der Waals surface area contributed by atoms with Gasteiger partial charge in [0, 0.05) is 5.56 Å². The van der Waals surface area contributed by atoms with Crippen molar-refractivity contribution in [2.24, 2.45) is 0 Å². The van der Waals surface area contributed by atoms with E-state index in [0.29, 0.717) is 16.4 Å². The standard InChI is InChI=1S/C12H17ClN4S/c1-5-6-8-9(7(2)3)10-14-12(18-4)15-11(13)17(10)16-8/h7H,5-6H2,1-4H3. The molecule has 0 radical (unpaired) electrons. The van der Waals surface area contributed by atoms with Crippen LogP contribution >= 0.6 is 23.4 Å². The number of aryl methyl sites for hydroxylation is 1. The molecule has 0 aliphatic rings. The summed E-state index contributed by atoms with van der Waals surface area (Å²) in [5.41, 5.74) is 3.12. The lowest BCUT2D eigenvalue weighted by Gasteiger charge is -2.05. The number of hydrogen-bond donors (Lipinski definition) is 0. The Balaban J connectivity index is 2.73. The topological polar surface area (TPSA) is 43.1 Å². The molecule has 0 fully saturated rings. The van der Waals surface area contributed by atoms with Crippen LogP contribution in [0.15, 0.2) is 5.16 Å². The number of thioether (sulfide) groups is 1. The highest BCUT2D eigenvalue weighted by Gasteiger charge is 2.19. The van der Waals surface area contributed by atoms with Crippen molar-refractivity contribution in [3.63, 3.8) is 0 Å². The van der Waals surface area contributed by atoms with Crippen LogP contribution in [0.25, 0.3) is 5.65 Å². The van der Waals surface area contributed by atoms with Crippen molar-refractivity contribution in [1.82, 2.24) is 19.6 Å².